The maximum Gasteiger partial charge on any atom is 0.282 e. The molecule has 0 saturated carbocycles. The molecule has 164 valence electrons. The summed E-state index contributed by atoms with van der Waals surface area (Å²) in [6.45, 7) is -0.0384. The maximum atomic E-state index is 12.3. The van der Waals surface area contributed by atoms with E-state index in [9.17, 15) is 23.3 Å². The molecule has 3 aromatic rings. The van der Waals surface area contributed by atoms with Gasteiger partial charge in [-0.25, -0.2) is 13.8 Å². The minimum Gasteiger partial charge on any atom is -0.454 e. The van der Waals surface area contributed by atoms with E-state index < -0.39 is 20.9 Å². The Morgan fingerprint density at radius 3 is 2.53 bits per heavy atom. The summed E-state index contributed by atoms with van der Waals surface area (Å²) in [5.74, 6) is 0.00829. The lowest BCUT2D eigenvalue weighted by Gasteiger charge is -2.07. The van der Waals surface area contributed by atoms with Crippen LogP contribution in [-0.4, -0.2) is 32.3 Å². The number of ether oxygens (including phenoxy) is 2. The molecule has 11 nitrogen and oxygen atoms in total. The SMILES string of the molecule is O=C(N/N=C/c1cc2c(cc1[N+](=O)[O-])OCO2)c1ccc(NS(=O)(=O)c2cccs2)cc1. The van der Waals surface area contributed by atoms with Gasteiger partial charge in [0, 0.05) is 11.3 Å². The monoisotopic (exact) mass is 474 g/mol. The molecule has 0 unspecified atom stereocenters. The van der Waals surface area contributed by atoms with Crippen molar-refractivity contribution < 1.29 is 27.6 Å². The molecule has 0 bridgehead atoms. The summed E-state index contributed by atoms with van der Waals surface area (Å²) in [5, 5.41) is 16.7. The fourth-order valence-electron chi connectivity index (χ4n) is 2.74. The van der Waals surface area contributed by atoms with Gasteiger partial charge in [-0.05, 0) is 41.8 Å². The number of hydrazone groups is 1. The minimum absolute atomic E-state index is 0.0384. The number of benzene rings is 2. The number of carbonyl (C=O) groups excluding carboxylic acids is 1. The highest BCUT2D eigenvalue weighted by Gasteiger charge is 2.22. The zero-order valence-corrected chi connectivity index (χ0v) is 17.7. The molecule has 2 heterocycles. The zero-order chi connectivity index (χ0) is 22.7. The van der Waals surface area contributed by atoms with Crippen LogP contribution in [0.4, 0.5) is 11.4 Å². The number of anilines is 1. The number of nitrogens with zero attached hydrogens (tertiary/aromatic N) is 2. The average Bonchev–Trinajstić information content (AvgIpc) is 3.45. The van der Waals surface area contributed by atoms with Crippen LogP contribution in [0, 0.1) is 10.1 Å². The van der Waals surface area contributed by atoms with Crippen molar-refractivity contribution in [3.63, 3.8) is 0 Å². The molecule has 32 heavy (non-hydrogen) atoms. The first-order valence-corrected chi connectivity index (χ1v) is 11.3. The van der Waals surface area contributed by atoms with Crippen LogP contribution in [0.15, 0.2) is 63.2 Å². The summed E-state index contributed by atoms with van der Waals surface area (Å²) in [7, 11) is -3.69. The number of nitro groups is 1. The molecular formula is C19H14N4O7S2. The Bertz CT molecular complexity index is 1300. The zero-order valence-electron chi connectivity index (χ0n) is 16.0. The van der Waals surface area contributed by atoms with Crippen molar-refractivity contribution >= 4 is 44.9 Å². The maximum absolute atomic E-state index is 12.3. The minimum atomic E-state index is -3.69. The van der Waals surface area contributed by atoms with Gasteiger partial charge < -0.3 is 9.47 Å². The number of hydrogen-bond donors (Lipinski definition) is 2. The number of fused-ring (bicyclic) bond motifs is 1. The van der Waals surface area contributed by atoms with Gasteiger partial charge in [0.2, 0.25) is 6.79 Å². The van der Waals surface area contributed by atoms with Crippen molar-refractivity contribution in [2.45, 2.75) is 4.21 Å². The van der Waals surface area contributed by atoms with Crippen LogP contribution in [-0.2, 0) is 10.0 Å². The summed E-state index contributed by atoms with van der Waals surface area (Å²) in [6, 6.07) is 11.4. The summed E-state index contributed by atoms with van der Waals surface area (Å²) in [6.07, 6.45) is 1.13. The van der Waals surface area contributed by atoms with E-state index in [-0.39, 0.29) is 39.3 Å². The van der Waals surface area contributed by atoms with Crippen molar-refractivity contribution in [2.75, 3.05) is 11.5 Å². The molecule has 4 rings (SSSR count). The van der Waals surface area contributed by atoms with E-state index in [1.807, 2.05) is 0 Å². The highest BCUT2D eigenvalue weighted by atomic mass is 32.2. The number of nitrogens with one attached hydrogen (secondary N) is 2. The van der Waals surface area contributed by atoms with Crippen molar-refractivity contribution in [1.82, 2.24) is 5.43 Å². The topological polar surface area (TPSA) is 149 Å². The van der Waals surface area contributed by atoms with E-state index in [1.165, 1.54) is 42.5 Å². The number of nitro benzene ring substituents is 1. The number of hydrogen-bond acceptors (Lipinski definition) is 9. The molecule has 0 fully saturated rings. The lowest BCUT2D eigenvalue weighted by atomic mass is 10.1. The Morgan fingerprint density at radius 2 is 1.88 bits per heavy atom. The lowest BCUT2D eigenvalue weighted by molar-refractivity contribution is -0.385. The number of sulfonamides is 1. The molecule has 0 spiro atoms. The Labute approximate surface area is 185 Å². The smallest absolute Gasteiger partial charge is 0.282 e. The summed E-state index contributed by atoms with van der Waals surface area (Å²) < 4.78 is 37.4. The van der Waals surface area contributed by atoms with Crippen LogP contribution in [0.25, 0.3) is 0 Å². The van der Waals surface area contributed by atoms with Gasteiger partial charge in [0.25, 0.3) is 21.6 Å². The van der Waals surface area contributed by atoms with E-state index in [2.05, 4.69) is 15.2 Å². The van der Waals surface area contributed by atoms with Crippen LogP contribution in [0.1, 0.15) is 15.9 Å². The average molecular weight is 474 g/mol. The van der Waals surface area contributed by atoms with E-state index >= 15 is 0 Å². The molecule has 1 aliphatic heterocycles. The van der Waals surface area contributed by atoms with Gasteiger partial charge in [0.1, 0.15) is 4.21 Å². The molecular weight excluding hydrogens is 460 g/mol. The summed E-state index contributed by atoms with van der Waals surface area (Å²) >= 11 is 1.09. The van der Waals surface area contributed by atoms with E-state index in [4.69, 9.17) is 9.47 Å². The summed E-state index contributed by atoms with van der Waals surface area (Å²) in [4.78, 5) is 22.9. The predicted molar refractivity (Wildman–Crippen MR) is 116 cm³/mol. The van der Waals surface area contributed by atoms with Crippen LogP contribution in [0.3, 0.4) is 0 Å². The second-order valence-corrected chi connectivity index (χ2v) is 9.19. The standard InChI is InChI=1S/C19H14N4O7S2/c24-19(12-3-5-14(6-4-12)22-32(27,28)18-2-1-7-31-18)21-20-10-13-8-16-17(30-11-29-16)9-15(13)23(25)26/h1-10,22H,11H2,(H,21,24)/b20-10+. The molecule has 1 aromatic heterocycles. The molecule has 0 atom stereocenters. The van der Waals surface area contributed by atoms with Crippen molar-refractivity contribution in [2.24, 2.45) is 5.10 Å². The molecule has 0 radical (unpaired) electrons. The van der Waals surface area contributed by atoms with Crippen LogP contribution in [0.5, 0.6) is 11.5 Å². The summed E-state index contributed by atoms with van der Waals surface area (Å²) in [5.41, 5.74) is 2.63. The van der Waals surface area contributed by atoms with Crippen molar-refractivity contribution in [1.29, 1.82) is 0 Å². The first kappa shape index (κ1) is 21.3. The fourth-order valence-corrected chi connectivity index (χ4v) is 4.80. The third-order valence-electron chi connectivity index (χ3n) is 4.25. The molecule has 13 heteroatoms. The van der Waals surface area contributed by atoms with Crippen LogP contribution in [0.2, 0.25) is 0 Å². The van der Waals surface area contributed by atoms with E-state index in [1.54, 1.807) is 11.4 Å². The predicted octanol–water partition coefficient (Wildman–Crippen LogP) is 2.95. The molecule has 1 amide bonds. The molecule has 1 aliphatic rings. The quantitative estimate of drug-likeness (QED) is 0.304. The molecule has 2 aromatic carbocycles. The Balaban J connectivity index is 1.43. The lowest BCUT2D eigenvalue weighted by Crippen LogP contribution is -2.18. The number of rotatable bonds is 7. The Morgan fingerprint density at radius 1 is 1.16 bits per heavy atom. The van der Waals surface area contributed by atoms with Gasteiger partial charge in [-0.3, -0.25) is 19.6 Å². The highest BCUT2D eigenvalue weighted by Crippen LogP contribution is 2.37. The van der Waals surface area contributed by atoms with Crippen molar-refractivity contribution in [3.05, 3.63) is 75.2 Å². The van der Waals surface area contributed by atoms with Gasteiger partial charge in [-0.1, -0.05) is 6.07 Å². The van der Waals surface area contributed by atoms with Gasteiger partial charge in [-0.15, -0.1) is 11.3 Å². The van der Waals surface area contributed by atoms with E-state index in [0.29, 0.717) is 5.75 Å². The van der Waals surface area contributed by atoms with Gasteiger partial charge >= 0.3 is 0 Å². The van der Waals surface area contributed by atoms with E-state index in [0.717, 1.165) is 17.6 Å². The first-order valence-electron chi connectivity index (χ1n) is 8.91. The van der Waals surface area contributed by atoms with Crippen LogP contribution < -0.4 is 19.6 Å². The van der Waals surface area contributed by atoms with Gasteiger partial charge in [-0.2, -0.15) is 5.10 Å². The number of carbonyl (C=O) groups is 1. The van der Waals surface area contributed by atoms with Gasteiger partial charge in [0.05, 0.1) is 22.8 Å². The second-order valence-electron chi connectivity index (χ2n) is 6.34. The van der Waals surface area contributed by atoms with Gasteiger partial charge in [0.15, 0.2) is 11.5 Å². The normalized spacial score (nSPS) is 12.6. The second kappa shape index (κ2) is 8.64. The molecule has 0 aliphatic carbocycles. The largest absolute Gasteiger partial charge is 0.454 e. The number of amides is 1. The molecule has 2 N–H and O–H groups in total. The van der Waals surface area contributed by atoms with Crippen molar-refractivity contribution in [3.8, 4) is 11.5 Å². The highest BCUT2D eigenvalue weighted by molar-refractivity contribution is 7.94. The molecule has 0 saturated heterocycles. The Kier molecular flexibility index (Phi) is 5.75. The third kappa shape index (κ3) is 4.53. The first-order chi connectivity index (χ1) is 15.3. The Hall–Kier alpha value is -3.97. The van der Waals surface area contributed by atoms with Crippen LogP contribution >= 0.6 is 11.3 Å². The third-order valence-corrected chi connectivity index (χ3v) is 7.03. The fraction of sp³-hybridized carbons (Fsp3) is 0.0526. The number of thiophene rings is 1.